The van der Waals surface area contributed by atoms with Crippen molar-refractivity contribution < 1.29 is 32.2 Å². The molecule has 0 bridgehead atoms. The largest absolute Gasteiger partial charge is 0.491 e. The number of alkyl halides is 3. The van der Waals surface area contributed by atoms with Gasteiger partial charge in [-0.2, -0.15) is 13.2 Å². The van der Waals surface area contributed by atoms with E-state index in [2.05, 4.69) is 0 Å². The van der Waals surface area contributed by atoms with Gasteiger partial charge in [0, 0.05) is 5.56 Å². The zero-order valence-corrected chi connectivity index (χ0v) is 15.4. The molecule has 2 aromatic rings. The zero-order chi connectivity index (χ0) is 21.2. The average Bonchev–Trinajstić information content (AvgIpc) is 2.67. The molecule has 7 nitrogen and oxygen atoms in total. The number of aromatic nitrogens is 1. The number of aromatic amines is 1. The van der Waals surface area contributed by atoms with Crippen molar-refractivity contribution in [3.05, 3.63) is 51.9 Å². The maximum atomic E-state index is 13.3. The van der Waals surface area contributed by atoms with Gasteiger partial charge in [0.25, 0.3) is 11.5 Å². The van der Waals surface area contributed by atoms with Gasteiger partial charge in [-0.25, -0.2) is 0 Å². The Morgan fingerprint density at radius 3 is 2.48 bits per heavy atom. The highest BCUT2D eigenvalue weighted by molar-refractivity contribution is 5.93. The summed E-state index contributed by atoms with van der Waals surface area (Å²) in [6, 6.07) is 6.59. The monoisotopic (exact) mass is 412 g/mol. The van der Waals surface area contributed by atoms with Crippen LogP contribution in [0.15, 0.2) is 35.1 Å². The normalized spacial score (nSPS) is 19.7. The number of hydrogen-bond donors (Lipinski definition) is 2. The smallest absolute Gasteiger partial charge is 0.431 e. The highest BCUT2D eigenvalue weighted by Crippen LogP contribution is 2.35. The molecule has 156 valence electrons. The van der Waals surface area contributed by atoms with E-state index in [-0.39, 0.29) is 29.9 Å². The Morgan fingerprint density at radius 1 is 1.24 bits per heavy atom. The van der Waals surface area contributed by atoms with E-state index >= 15 is 0 Å². The number of halogens is 3. The SMILES string of the molecule is C[C@@H]1COC(COc2ccc(-c3cc(C(N)=O)c(=O)[nH]c3C(F)(F)F)cc2)CO1. The standard InChI is InChI=1S/C19H19F3N2O5/c1-10-7-28-13(8-27-10)9-29-12-4-2-11(3-5-12)14-6-15(17(23)25)18(26)24-16(14)19(20,21)22/h2-6,10,13H,7-9H2,1H3,(H2,23,25)(H,24,26)/t10-,13?/m1/s1. The second-order valence-electron chi connectivity index (χ2n) is 6.60. The number of H-pyrrole nitrogens is 1. The molecule has 10 heteroatoms. The number of carbonyl (C=O) groups excluding carboxylic acids is 1. The third kappa shape index (κ3) is 4.96. The molecule has 3 N–H and O–H groups in total. The van der Waals surface area contributed by atoms with Gasteiger partial charge < -0.3 is 24.9 Å². The van der Waals surface area contributed by atoms with Crippen molar-refractivity contribution in [3.63, 3.8) is 0 Å². The topological polar surface area (TPSA) is 104 Å². The lowest BCUT2D eigenvalue weighted by molar-refractivity contribution is -0.140. The van der Waals surface area contributed by atoms with Gasteiger partial charge in [-0.05, 0) is 30.7 Å². The molecule has 1 fully saturated rings. The Kier molecular flexibility index (Phi) is 5.94. The molecule has 1 aromatic carbocycles. The van der Waals surface area contributed by atoms with Gasteiger partial charge in [0.1, 0.15) is 29.7 Å². The molecule has 1 aliphatic rings. The van der Waals surface area contributed by atoms with Crippen molar-refractivity contribution >= 4 is 5.91 Å². The van der Waals surface area contributed by atoms with Crippen molar-refractivity contribution in [2.45, 2.75) is 25.3 Å². The van der Waals surface area contributed by atoms with E-state index in [1.165, 1.54) is 24.3 Å². The summed E-state index contributed by atoms with van der Waals surface area (Å²) in [5.41, 5.74) is 1.83. The van der Waals surface area contributed by atoms with Gasteiger partial charge >= 0.3 is 6.18 Å². The summed E-state index contributed by atoms with van der Waals surface area (Å²) in [7, 11) is 0. The summed E-state index contributed by atoms with van der Waals surface area (Å²) in [6.45, 7) is 2.97. The second kappa shape index (κ2) is 8.26. The quantitative estimate of drug-likeness (QED) is 0.785. The van der Waals surface area contributed by atoms with Crippen molar-refractivity contribution in [1.29, 1.82) is 0 Å². The van der Waals surface area contributed by atoms with E-state index in [0.29, 0.717) is 19.0 Å². The minimum absolute atomic E-state index is 0.0240. The number of hydrogen-bond acceptors (Lipinski definition) is 5. The molecule has 1 aromatic heterocycles. The van der Waals surface area contributed by atoms with Crippen molar-refractivity contribution in [3.8, 4) is 16.9 Å². The van der Waals surface area contributed by atoms with Crippen LogP contribution in [0.4, 0.5) is 13.2 Å². The van der Waals surface area contributed by atoms with Gasteiger partial charge in [0.15, 0.2) is 0 Å². The molecular formula is C19H19F3N2O5. The number of nitrogens with two attached hydrogens (primary N) is 1. The van der Waals surface area contributed by atoms with Crippen LogP contribution in [-0.2, 0) is 15.7 Å². The van der Waals surface area contributed by atoms with Crippen LogP contribution in [0.3, 0.4) is 0 Å². The molecule has 1 amide bonds. The molecule has 1 unspecified atom stereocenters. The van der Waals surface area contributed by atoms with Gasteiger partial charge in [0.2, 0.25) is 0 Å². The number of primary amides is 1. The van der Waals surface area contributed by atoms with Gasteiger partial charge in [0.05, 0.1) is 19.3 Å². The average molecular weight is 412 g/mol. The van der Waals surface area contributed by atoms with E-state index in [1.54, 1.807) is 4.98 Å². The first kappa shape index (κ1) is 20.9. The Hall–Kier alpha value is -2.85. The van der Waals surface area contributed by atoms with Crippen LogP contribution in [0.2, 0.25) is 0 Å². The Balaban J connectivity index is 1.82. The summed E-state index contributed by atoms with van der Waals surface area (Å²) in [4.78, 5) is 24.8. The van der Waals surface area contributed by atoms with Gasteiger partial charge in [-0.15, -0.1) is 0 Å². The first-order valence-corrected chi connectivity index (χ1v) is 8.76. The van der Waals surface area contributed by atoms with E-state index in [9.17, 15) is 22.8 Å². The molecule has 1 aliphatic heterocycles. The summed E-state index contributed by atoms with van der Waals surface area (Å²) in [5.74, 6) is -0.700. The fourth-order valence-corrected chi connectivity index (χ4v) is 2.82. The number of rotatable bonds is 5. The van der Waals surface area contributed by atoms with Crippen LogP contribution in [0.25, 0.3) is 11.1 Å². The number of nitrogens with one attached hydrogen (secondary N) is 1. The first-order valence-electron chi connectivity index (χ1n) is 8.76. The fourth-order valence-electron chi connectivity index (χ4n) is 2.82. The second-order valence-corrected chi connectivity index (χ2v) is 6.60. The number of benzene rings is 1. The van der Waals surface area contributed by atoms with Gasteiger partial charge in [-0.1, -0.05) is 12.1 Å². The minimum Gasteiger partial charge on any atom is -0.491 e. The van der Waals surface area contributed by atoms with E-state index in [1.807, 2.05) is 6.92 Å². The van der Waals surface area contributed by atoms with Crippen LogP contribution < -0.4 is 16.0 Å². The lowest BCUT2D eigenvalue weighted by atomic mass is 10.0. The van der Waals surface area contributed by atoms with E-state index in [0.717, 1.165) is 6.07 Å². The molecule has 3 rings (SSSR count). The fraction of sp³-hybridized carbons (Fsp3) is 0.368. The maximum absolute atomic E-state index is 13.3. The highest BCUT2D eigenvalue weighted by Gasteiger charge is 2.36. The Bertz CT molecular complexity index is 932. The predicted octanol–water partition coefficient (Wildman–Crippen LogP) is 2.34. The third-order valence-electron chi connectivity index (χ3n) is 4.32. The predicted molar refractivity (Wildman–Crippen MR) is 96.7 cm³/mol. The first-order chi connectivity index (χ1) is 13.6. The van der Waals surface area contributed by atoms with Crippen LogP contribution in [0.5, 0.6) is 5.75 Å². The molecule has 29 heavy (non-hydrogen) atoms. The molecular weight excluding hydrogens is 393 g/mol. The van der Waals surface area contributed by atoms with Crippen molar-refractivity contribution in [1.82, 2.24) is 4.98 Å². The lowest BCUT2D eigenvalue weighted by Crippen LogP contribution is -2.37. The zero-order valence-electron chi connectivity index (χ0n) is 15.4. The molecule has 0 aliphatic carbocycles. The van der Waals surface area contributed by atoms with E-state index < -0.39 is 28.9 Å². The Morgan fingerprint density at radius 2 is 1.93 bits per heavy atom. The molecule has 2 atom stereocenters. The lowest BCUT2D eigenvalue weighted by Gasteiger charge is -2.27. The summed E-state index contributed by atoms with van der Waals surface area (Å²) >= 11 is 0. The summed E-state index contributed by atoms with van der Waals surface area (Å²) in [5, 5.41) is 0. The molecule has 0 radical (unpaired) electrons. The van der Waals surface area contributed by atoms with Crippen molar-refractivity contribution in [2.24, 2.45) is 5.73 Å². The number of carbonyl (C=O) groups is 1. The van der Waals surface area contributed by atoms with Crippen LogP contribution in [0.1, 0.15) is 23.0 Å². The van der Waals surface area contributed by atoms with Gasteiger partial charge in [-0.3, -0.25) is 9.59 Å². The number of amides is 1. The maximum Gasteiger partial charge on any atom is 0.431 e. The molecule has 2 heterocycles. The Labute approximate surface area is 163 Å². The van der Waals surface area contributed by atoms with Crippen LogP contribution in [-0.4, -0.2) is 42.9 Å². The minimum atomic E-state index is -4.82. The van der Waals surface area contributed by atoms with E-state index in [4.69, 9.17) is 19.9 Å². The third-order valence-corrected chi connectivity index (χ3v) is 4.32. The molecule has 0 spiro atoms. The van der Waals surface area contributed by atoms with Crippen LogP contribution in [0, 0.1) is 0 Å². The van der Waals surface area contributed by atoms with Crippen molar-refractivity contribution in [2.75, 3.05) is 19.8 Å². The summed E-state index contributed by atoms with van der Waals surface area (Å²) in [6.07, 6.45) is -5.04. The molecule has 1 saturated heterocycles. The number of ether oxygens (including phenoxy) is 3. The van der Waals surface area contributed by atoms with Crippen LogP contribution >= 0.6 is 0 Å². The summed E-state index contributed by atoms with van der Waals surface area (Å²) < 4.78 is 56.6. The highest BCUT2D eigenvalue weighted by atomic mass is 19.4. The number of pyridine rings is 1. The molecule has 0 saturated carbocycles.